The van der Waals surface area contributed by atoms with E-state index in [1.165, 1.54) is 43.7 Å². The zero-order valence-corrected chi connectivity index (χ0v) is 16.9. The molecule has 5 heteroatoms. The van der Waals surface area contributed by atoms with Gasteiger partial charge in [0.05, 0.1) is 0 Å². The molecule has 0 aliphatic carbocycles. The molecule has 0 aliphatic rings. The van der Waals surface area contributed by atoms with Crippen LogP contribution in [-0.4, -0.2) is 24.3 Å². The van der Waals surface area contributed by atoms with Gasteiger partial charge in [0.25, 0.3) is 10.1 Å². The molecule has 144 valence electrons. The van der Waals surface area contributed by atoms with E-state index in [0.29, 0.717) is 5.75 Å². The highest BCUT2D eigenvalue weighted by Crippen LogP contribution is 2.23. The Morgan fingerprint density at radius 1 is 0.920 bits per heavy atom. The molecule has 2 unspecified atom stereocenters. The van der Waals surface area contributed by atoms with Crippen LogP contribution in [0, 0.1) is 0 Å². The summed E-state index contributed by atoms with van der Waals surface area (Å²) in [5.41, 5.74) is 2.48. The smallest absolute Gasteiger partial charge is 0.271 e. The molecular weight excluding hydrogens is 336 g/mol. The quantitative estimate of drug-likeness (QED) is 0.406. The Hall–Kier alpha value is -1.07. The second kappa shape index (κ2) is 10.8. The summed E-state index contributed by atoms with van der Waals surface area (Å²) < 4.78 is 37.7. The maximum Gasteiger partial charge on any atom is 0.271 e. The number of hydrogen-bond acceptors (Lipinski definition) is 3. The maximum atomic E-state index is 11.3. The van der Waals surface area contributed by atoms with E-state index in [1.807, 2.05) is 12.1 Å². The minimum Gasteiger partial charge on any atom is -0.489 e. The molecule has 4 nitrogen and oxygen atoms in total. The average molecular weight is 371 g/mol. The van der Waals surface area contributed by atoms with Gasteiger partial charge in [-0.1, -0.05) is 45.6 Å². The fraction of sp³-hybridized carbons (Fsp3) is 0.700. The Morgan fingerprint density at radius 3 is 1.80 bits per heavy atom. The highest BCUT2D eigenvalue weighted by Gasteiger charge is 2.26. The molecule has 1 aromatic carbocycles. The topological polar surface area (TPSA) is 63.6 Å². The SMILES string of the molecule is CCCCCc1cc(CCCCC)cc(OC(C)C(C)S(=O)(=O)O)c1. The zero-order chi connectivity index (χ0) is 18.9. The molecule has 0 amide bonds. The Balaban J connectivity index is 2.90. The molecular formula is C20H34O4S. The lowest BCUT2D eigenvalue weighted by Gasteiger charge is -2.20. The van der Waals surface area contributed by atoms with E-state index in [9.17, 15) is 13.0 Å². The fourth-order valence-electron chi connectivity index (χ4n) is 2.80. The zero-order valence-electron chi connectivity index (χ0n) is 16.1. The summed E-state index contributed by atoms with van der Waals surface area (Å²) in [5, 5.41) is -0.959. The van der Waals surface area contributed by atoms with Gasteiger partial charge in [-0.05, 0) is 62.8 Å². The first-order chi connectivity index (χ1) is 11.8. The van der Waals surface area contributed by atoms with Gasteiger partial charge in [0.15, 0.2) is 0 Å². The van der Waals surface area contributed by atoms with Crippen molar-refractivity contribution in [3.8, 4) is 5.75 Å². The summed E-state index contributed by atoms with van der Waals surface area (Å²) in [6, 6.07) is 6.26. The lowest BCUT2D eigenvalue weighted by molar-refractivity contribution is 0.214. The van der Waals surface area contributed by atoms with Gasteiger partial charge in [0.1, 0.15) is 17.1 Å². The molecule has 0 saturated carbocycles. The molecule has 25 heavy (non-hydrogen) atoms. The molecule has 0 aliphatic heterocycles. The van der Waals surface area contributed by atoms with Gasteiger partial charge in [-0.25, -0.2) is 0 Å². The van der Waals surface area contributed by atoms with Crippen molar-refractivity contribution in [1.82, 2.24) is 0 Å². The number of rotatable bonds is 12. The van der Waals surface area contributed by atoms with Crippen LogP contribution in [0.5, 0.6) is 5.75 Å². The third-order valence-electron chi connectivity index (χ3n) is 4.62. The molecule has 0 heterocycles. The van der Waals surface area contributed by atoms with Crippen LogP contribution in [0.1, 0.15) is 77.3 Å². The number of hydrogen-bond donors (Lipinski definition) is 1. The van der Waals surface area contributed by atoms with Gasteiger partial charge in [-0.3, -0.25) is 4.55 Å². The van der Waals surface area contributed by atoms with Crippen molar-refractivity contribution < 1.29 is 17.7 Å². The first-order valence-electron chi connectivity index (χ1n) is 9.53. The first-order valence-corrected chi connectivity index (χ1v) is 11.0. The van der Waals surface area contributed by atoms with Crippen LogP contribution >= 0.6 is 0 Å². The van der Waals surface area contributed by atoms with Crippen LogP contribution in [0.15, 0.2) is 18.2 Å². The van der Waals surface area contributed by atoms with Gasteiger partial charge < -0.3 is 4.74 Å². The molecule has 1 aromatic rings. The predicted octanol–water partition coefficient (Wildman–Crippen LogP) is 5.20. The summed E-state index contributed by atoms with van der Waals surface area (Å²) in [4.78, 5) is 0. The van der Waals surface area contributed by atoms with Gasteiger partial charge in [0, 0.05) is 0 Å². The summed E-state index contributed by atoms with van der Waals surface area (Å²) in [6.45, 7) is 7.52. The molecule has 0 spiro atoms. The molecule has 1 rings (SSSR count). The van der Waals surface area contributed by atoms with Crippen molar-refractivity contribution in [3.05, 3.63) is 29.3 Å². The Labute approximate surface area is 153 Å². The molecule has 0 saturated heterocycles. The summed E-state index contributed by atoms with van der Waals surface area (Å²) in [7, 11) is -4.10. The van der Waals surface area contributed by atoms with Crippen molar-refractivity contribution in [2.24, 2.45) is 0 Å². The second-order valence-corrected chi connectivity index (χ2v) is 8.72. The van der Waals surface area contributed by atoms with Crippen LogP contribution in [0.2, 0.25) is 0 Å². The summed E-state index contributed by atoms with van der Waals surface area (Å²) in [6.07, 6.45) is 8.46. The third-order valence-corrected chi connectivity index (χ3v) is 5.94. The molecule has 0 fully saturated rings. The standard InChI is InChI=1S/C20H34O4S/c1-5-7-9-11-18-13-19(12-10-8-6-2)15-20(14-18)24-16(3)17(4)25(21,22)23/h13-17H,5-12H2,1-4H3,(H,21,22,23). The normalized spacial score (nSPS) is 14.3. The number of aryl methyl sites for hydroxylation is 2. The third kappa shape index (κ3) is 8.23. The highest BCUT2D eigenvalue weighted by atomic mass is 32.2. The maximum absolute atomic E-state index is 11.3. The highest BCUT2D eigenvalue weighted by molar-refractivity contribution is 7.86. The van der Waals surface area contributed by atoms with Gasteiger partial charge in [0.2, 0.25) is 0 Å². The summed E-state index contributed by atoms with van der Waals surface area (Å²) in [5.74, 6) is 0.698. The molecule has 1 N–H and O–H groups in total. The van der Waals surface area contributed by atoms with Crippen molar-refractivity contribution in [3.63, 3.8) is 0 Å². The Morgan fingerprint density at radius 2 is 1.40 bits per heavy atom. The van der Waals surface area contributed by atoms with Crippen molar-refractivity contribution in [1.29, 1.82) is 0 Å². The average Bonchev–Trinajstić information content (AvgIpc) is 2.53. The summed E-state index contributed by atoms with van der Waals surface area (Å²) >= 11 is 0. The van der Waals surface area contributed by atoms with Crippen molar-refractivity contribution >= 4 is 10.1 Å². The van der Waals surface area contributed by atoms with E-state index in [4.69, 9.17) is 4.74 Å². The van der Waals surface area contributed by atoms with Crippen LogP contribution in [0.25, 0.3) is 0 Å². The predicted molar refractivity (Wildman–Crippen MR) is 104 cm³/mol. The van der Waals surface area contributed by atoms with Crippen LogP contribution in [0.3, 0.4) is 0 Å². The van der Waals surface area contributed by atoms with E-state index in [-0.39, 0.29) is 0 Å². The lowest BCUT2D eigenvalue weighted by Crippen LogP contribution is -2.33. The molecule has 2 atom stereocenters. The van der Waals surface area contributed by atoms with E-state index >= 15 is 0 Å². The second-order valence-electron chi connectivity index (χ2n) is 6.94. The number of ether oxygens (including phenoxy) is 1. The van der Waals surface area contributed by atoms with Crippen LogP contribution in [0.4, 0.5) is 0 Å². The van der Waals surface area contributed by atoms with E-state index in [1.54, 1.807) is 6.92 Å². The minimum atomic E-state index is -4.10. The van der Waals surface area contributed by atoms with Gasteiger partial charge in [-0.2, -0.15) is 8.42 Å². The van der Waals surface area contributed by atoms with E-state index in [0.717, 1.165) is 25.7 Å². The minimum absolute atomic E-state index is 0.607. The van der Waals surface area contributed by atoms with E-state index in [2.05, 4.69) is 19.9 Å². The fourth-order valence-corrected chi connectivity index (χ4v) is 3.34. The number of unbranched alkanes of at least 4 members (excludes halogenated alkanes) is 4. The van der Waals surface area contributed by atoms with Gasteiger partial charge in [-0.15, -0.1) is 0 Å². The van der Waals surface area contributed by atoms with Gasteiger partial charge >= 0.3 is 0 Å². The monoisotopic (exact) mass is 370 g/mol. The van der Waals surface area contributed by atoms with Crippen LogP contribution < -0.4 is 4.74 Å². The molecule has 0 bridgehead atoms. The lowest BCUT2D eigenvalue weighted by atomic mass is 10.0. The Kier molecular flexibility index (Phi) is 9.51. The van der Waals surface area contributed by atoms with E-state index < -0.39 is 21.5 Å². The van der Waals surface area contributed by atoms with Crippen LogP contribution in [-0.2, 0) is 23.0 Å². The molecule has 0 aromatic heterocycles. The van der Waals surface area contributed by atoms with Crippen molar-refractivity contribution in [2.75, 3.05) is 0 Å². The Bertz CT molecular complexity index is 582. The number of benzene rings is 1. The largest absolute Gasteiger partial charge is 0.489 e. The molecule has 0 radical (unpaired) electrons. The van der Waals surface area contributed by atoms with Crippen molar-refractivity contribution in [2.45, 2.75) is 90.4 Å². The first kappa shape index (κ1) is 22.0.